The van der Waals surface area contributed by atoms with Gasteiger partial charge in [0.25, 0.3) is 5.91 Å². The summed E-state index contributed by atoms with van der Waals surface area (Å²) in [4.78, 5) is 26.0. The number of likely N-dealkylation sites (tertiary alicyclic amines) is 1. The topological polar surface area (TPSA) is 75.4 Å². The molecule has 3 N–H and O–H groups in total. The van der Waals surface area contributed by atoms with Crippen molar-refractivity contribution >= 4 is 29.1 Å². The summed E-state index contributed by atoms with van der Waals surface area (Å²) in [5, 5.41) is 3.32. The number of carbonyl (C=O) groups excluding carboxylic acids is 2. The number of nitrogens with zero attached hydrogens (tertiary/aromatic N) is 1. The number of rotatable bonds is 3. The largest absolute Gasteiger partial charge is 0.398 e. The Morgan fingerprint density at radius 3 is 2.67 bits per heavy atom. The molecule has 1 saturated heterocycles. The number of nitrogens with two attached hydrogens (primary N) is 1. The van der Waals surface area contributed by atoms with Crippen LogP contribution in [0, 0.1) is 5.92 Å². The average Bonchev–Trinajstić information content (AvgIpc) is 2.49. The first-order valence-electron chi connectivity index (χ1n) is 7.15. The summed E-state index contributed by atoms with van der Waals surface area (Å²) < 4.78 is 0. The van der Waals surface area contributed by atoms with Gasteiger partial charge in [-0.1, -0.05) is 11.6 Å². The molecule has 0 saturated carbocycles. The van der Waals surface area contributed by atoms with Gasteiger partial charge in [0.2, 0.25) is 5.91 Å². The number of anilines is 1. The second kappa shape index (κ2) is 6.80. The Labute approximate surface area is 129 Å². The van der Waals surface area contributed by atoms with Crippen molar-refractivity contribution in [3.05, 3.63) is 28.8 Å². The van der Waals surface area contributed by atoms with Crippen LogP contribution in [0.2, 0.25) is 5.02 Å². The van der Waals surface area contributed by atoms with Crippen LogP contribution in [0.5, 0.6) is 0 Å². The van der Waals surface area contributed by atoms with Crippen LogP contribution in [-0.2, 0) is 4.79 Å². The predicted octanol–water partition coefficient (Wildman–Crippen LogP) is 1.91. The number of amides is 2. The molecule has 1 aromatic rings. The summed E-state index contributed by atoms with van der Waals surface area (Å²) >= 11 is 5.92. The first-order valence-corrected chi connectivity index (χ1v) is 7.52. The van der Waals surface area contributed by atoms with Gasteiger partial charge in [-0.25, -0.2) is 0 Å². The summed E-state index contributed by atoms with van der Waals surface area (Å²) in [5.74, 6) is -0.0538. The molecule has 1 aliphatic heterocycles. The van der Waals surface area contributed by atoms with Crippen molar-refractivity contribution in [3.8, 4) is 0 Å². The molecule has 114 valence electrons. The summed E-state index contributed by atoms with van der Waals surface area (Å²) in [6, 6.07) is 4.89. The van der Waals surface area contributed by atoms with E-state index in [9.17, 15) is 9.59 Å². The van der Waals surface area contributed by atoms with E-state index < -0.39 is 0 Å². The van der Waals surface area contributed by atoms with E-state index in [0.29, 0.717) is 48.7 Å². The van der Waals surface area contributed by atoms with Crippen molar-refractivity contribution in [2.45, 2.75) is 19.8 Å². The standard InChI is InChI=1S/C15H20ClN3O2/c1-2-18-14(20)10-5-7-19(8-6-10)15(21)12-9-11(16)3-4-13(12)17/h3-4,9-10H,2,5-8,17H2,1H3,(H,18,20). The highest BCUT2D eigenvalue weighted by molar-refractivity contribution is 6.31. The van der Waals surface area contributed by atoms with Crippen LogP contribution >= 0.6 is 11.6 Å². The van der Waals surface area contributed by atoms with Gasteiger partial charge in [0.05, 0.1) is 5.56 Å². The Hall–Kier alpha value is -1.75. The monoisotopic (exact) mass is 309 g/mol. The van der Waals surface area contributed by atoms with Crippen LogP contribution in [-0.4, -0.2) is 36.3 Å². The number of piperidine rings is 1. The third-order valence-corrected chi connectivity index (χ3v) is 3.98. The van der Waals surface area contributed by atoms with Gasteiger partial charge in [-0.05, 0) is 38.0 Å². The van der Waals surface area contributed by atoms with E-state index in [-0.39, 0.29) is 17.7 Å². The zero-order valence-corrected chi connectivity index (χ0v) is 12.8. The lowest BCUT2D eigenvalue weighted by atomic mass is 9.95. The summed E-state index contributed by atoms with van der Waals surface area (Å²) in [6.07, 6.45) is 1.36. The van der Waals surface area contributed by atoms with Gasteiger partial charge < -0.3 is 16.0 Å². The van der Waals surface area contributed by atoms with E-state index in [2.05, 4.69) is 5.32 Å². The number of halogens is 1. The van der Waals surface area contributed by atoms with Crippen molar-refractivity contribution < 1.29 is 9.59 Å². The van der Waals surface area contributed by atoms with Crippen LogP contribution in [0.3, 0.4) is 0 Å². The normalized spacial score (nSPS) is 15.8. The van der Waals surface area contributed by atoms with Crippen LogP contribution in [0.25, 0.3) is 0 Å². The molecule has 0 spiro atoms. The summed E-state index contributed by atoms with van der Waals surface area (Å²) in [7, 11) is 0. The zero-order chi connectivity index (χ0) is 15.4. The molecule has 5 nitrogen and oxygen atoms in total. The quantitative estimate of drug-likeness (QED) is 0.838. The van der Waals surface area contributed by atoms with Gasteiger partial charge in [0.15, 0.2) is 0 Å². The van der Waals surface area contributed by atoms with Gasteiger partial charge in [0, 0.05) is 36.3 Å². The Bertz CT molecular complexity index is 540. The van der Waals surface area contributed by atoms with Gasteiger partial charge in [-0.2, -0.15) is 0 Å². The second-order valence-corrected chi connectivity index (χ2v) is 5.63. The number of carbonyl (C=O) groups is 2. The molecular formula is C15H20ClN3O2. The molecule has 1 fully saturated rings. The molecule has 0 aliphatic carbocycles. The highest BCUT2D eigenvalue weighted by Crippen LogP contribution is 2.23. The van der Waals surface area contributed by atoms with E-state index in [1.165, 1.54) is 0 Å². The molecule has 0 atom stereocenters. The Morgan fingerprint density at radius 2 is 2.05 bits per heavy atom. The molecule has 6 heteroatoms. The molecular weight excluding hydrogens is 290 g/mol. The number of nitrogens with one attached hydrogen (secondary N) is 1. The molecule has 2 rings (SSSR count). The van der Waals surface area contributed by atoms with E-state index in [0.717, 1.165) is 0 Å². The Morgan fingerprint density at radius 1 is 1.38 bits per heavy atom. The SMILES string of the molecule is CCNC(=O)C1CCN(C(=O)c2cc(Cl)ccc2N)CC1. The number of hydrogen-bond donors (Lipinski definition) is 2. The lowest BCUT2D eigenvalue weighted by Gasteiger charge is -2.31. The first kappa shape index (κ1) is 15.6. The number of benzene rings is 1. The minimum Gasteiger partial charge on any atom is -0.398 e. The van der Waals surface area contributed by atoms with E-state index in [1.54, 1.807) is 23.1 Å². The molecule has 0 radical (unpaired) electrons. The predicted molar refractivity (Wildman–Crippen MR) is 83.2 cm³/mol. The van der Waals surface area contributed by atoms with Crippen molar-refractivity contribution in [2.24, 2.45) is 5.92 Å². The lowest BCUT2D eigenvalue weighted by molar-refractivity contribution is -0.126. The minimum absolute atomic E-state index is 0.00860. The van der Waals surface area contributed by atoms with Crippen LogP contribution in [0.4, 0.5) is 5.69 Å². The van der Waals surface area contributed by atoms with Crippen LogP contribution in [0.1, 0.15) is 30.1 Å². The fraction of sp³-hybridized carbons (Fsp3) is 0.467. The van der Waals surface area contributed by atoms with Crippen molar-refractivity contribution in [1.29, 1.82) is 0 Å². The van der Waals surface area contributed by atoms with E-state index in [1.807, 2.05) is 6.92 Å². The van der Waals surface area contributed by atoms with Crippen LogP contribution in [0.15, 0.2) is 18.2 Å². The maximum absolute atomic E-state index is 12.5. The fourth-order valence-electron chi connectivity index (χ4n) is 2.55. The average molecular weight is 310 g/mol. The van der Waals surface area contributed by atoms with E-state index in [4.69, 9.17) is 17.3 Å². The molecule has 21 heavy (non-hydrogen) atoms. The third kappa shape index (κ3) is 3.67. The molecule has 0 unspecified atom stereocenters. The van der Waals surface area contributed by atoms with Crippen molar-refractivity contribution in [1.82, 2.24) is 10.2 Å². The Kier molecular flexibility index (Phi) is 5.07. The molecule has 1 aliphatic rings. The maximum atomic E-state index is 12.5. The first-order chi connectivity index (χ1) is 10.0. The highest BCUT2D eigenvalue weighted by atomic mass is 35.5. The summed E-state index contributed by atoms with van der Waals surface area (Å²) in [6.45, 7) is 3.66. The third-order valence-electron chi connectivity index (χ3n) is 3.75. The maximum Gasteiger partial charge on any atom is 0.255 e. The zero-order valence-electron chi connectivity index (χ0n) is 12.1. The van der Waals surface area contributed by atoms with Gasteiger partial charge in [0.1, 0.15) is 0 Å². The van der Waals surface area contributed by atoms with Crippen molar-refractivity contribution in [2.75, 3.05) is 25.4 Å². The molecule has 1 aromatic carbocycles. The van der Waals surface area contributed by atoms with Gasteiger partial charge >= 0.3 is 0 Å². The minimum atomic E-state index is -0.121. The van der Waals surface area contributed by atoms with Gasteiger partial charge in [-0.3, -0.25) is 9.59 Å². The Balaban J connectivity index is 2.00. The molecule has 0 aromatic heterocycles. The fourth-order valence-corrected chi connectivity index (χ4v) is 2.72. The number of nitrogen functional groups attached to an aromatic ring is 1. The highest BCUT2D eigenvalue weighted by Gasteiger charge is 2.28. The lowest BCUT2D eigenvalue weighted by Crippen LogP contribution is -2.43. The second-order valence-electron chi connectivity index (χ2n) is 5.19. The number of hydrogen-bond acceptors (Lipinski definition) is 3. The smallest absolute Gasteiger partial charge is 0.255 e. The molecule has 1 heterocycles. The van der Waals surface area contributed by atoms with E-state index >= 15 is 0 Å². The molecule has 0 bridgehead atoms. The van der Waals surface area contributed by atoms with Gasteiger partial charge in [-0.15, -0.1) is 0 Å². The molecule has 2 amide bonds. The van der Waals surface area contributed by atoms with Crippen molar-refractivity contribution in [3.63, 3.8) is 0 Å². The summed E-state index contributed by atoms with van der Waals surface area (Å²) in [5.41, 5.74) is 6.70. The van der Waals surface area contributed by atoms with Crippen LogP contribution < -0.4 is 11.1 Å².